The molecule has 5 heteroatoms. The number of ether oxygens (including phenoxy) is 1. The molecular weight excluding hydrogens is 207 g/mol. The molecule has 0 amide bonds. The van der Waals surface area contributed by atoms with Crippen LogP contribution in [-0.2, 0) is 10.9 Å². The molecule has 1 aliphatic heterocycles. The maximum atomic E-state index is 12.6. The van der Waals surface area contributed by atoms with E-state index in [0.717, 1.165) is 6.07 Å². The van der Waals surface area contributed by atoms with Crippen LogP contribution in [0.3, 0.4) is 0 Å². The van der Waals surface area contributed by atoms with Crippen LogP contribution in [0, 0.1) is 0 Å². The van der Waals surface area contributed by atoms with E-state index in [2.05, 4.69) is 4.99 Å². The molecule has 2 nitrogen and oxygen atoms in total. The van der Waals surface area contributed by atoms with Crippen LogP contribution in [0.4, 0.5) is 13.2 Å². The van der Waals surface area contributed by atoms with E-state index in [1.165, 1.54) is 18.2 Å². The molecule has 15 heavy (non-hydrogen) atoms. The maximum Gasteiger partial charge on any atom is 0.417 e. The minimum absolute atomic E-state index is 0.0162. The highest BCUT2D eigenvalue weighted by molar-refractivity contribution is 5.96. The van der Waals surface area contributed by atoms with Crippen LogP contribution in [-0.4, -0.2) is 19.0 Å². The molecule has 80 valence electrons. The van der Waals surface area contributed by atoms with Gasteiger partial charge in [0.2, 0.25) is 5.90 Å². The topological polar surface area (TPSA) is 21.6 Å². The molecular formula is C10H8F3NO. The second-order valence-electron chi connectivity index (χ2n) is 3.08. The summed E-state index contributed by atoms with van der Waals surface area (Å²) in [6.45, 7) is 0.767. The van der Waals surface area contributed by atoms with E-state index >= 15 is 0 Å². The van der Waals surface area contributed by atoms with E-state index in [0.29, 0.717) is 13.2 Å². The van der Waals surface area contributed by atoms with Gasteiger partial charge < -0.3 is 4.74 Å². The molecule has 0 radical (unpaired) electrons. The van der Waals surface area contributed by atoms with Gasteiger partial charge in [-0.1, -0.05) is 12.1 Å². The van der Waals surface area contributed by atoms with Crippen LogP contribution in [0.1, 0.15) is 11.1 Å². The van der Waals surface area contributed by atoms with Crippen molar-refractivity contribution in [3.8, 4) is 0 Å². The van der Waals surface area contributed by atoms with Crippen molar-refractivity contribution in [2.24, 2.45) is 4.99 Å². The fourth-order valence-electron chi connectivity index (χ4n) is 1.41. The van der Waals surface area contributed by atoms with Crippen molar-refractivity contribution in [2.45, 2.75) is 6.18 Å². The molecule has 0 N–H and O–H groups in total. The largest absolute Gasteiger partial charge is 0.475 e. The second kappa shape index (κ2) is 3.56. The third kappa shape index (κ3) is 1.95. The zero-order valence-corrected chi connectivity index (χ0v) is 7.71. The third-order valence-electron chi connectivity index (χ3n) is 2.05. The number of hydrogen-bond acceptors (Lipinski definition) is 2. The first kappa shape index (κ1) is 10.0. The zero-order valence-electron chi connectivity index (χ0n) is 7.71. The summed E-state index contributed by atoms with van der Waals surface area (Å²) in [6, 6.07) is 5.28. The van der Waals surface area contributed by atoms with Crippen molar-refractivity contribution < 1.29 is 17.9 Å². The second-order valence-corrected chi connectivity index (χ2v) is 3.08. The molecule has 0 bridgehead atoms. The van der Waals surface area contributed by atoms with Gasteiger partial charge in [0.15, 0.2) is 0 Å². The Balaban J connectivity index is 2.47. The summed E-state index contributed by atoms with van der Waals surface area (Å²) >= 11 is 0. The van der Waals surface area contributed by atoms with Gasteiger partial charge in [-0.2, -0.15) is 13.2 Å². The molecule has 1 aromatic rings. The molecule has 0 unspecified atom stereocenters. The Hall–Kier alpha value is -1.52. The van der Waals surface area contributed by atoms with Crippen LogP contribution in [0.2, 0.25) is 0 Å². The zero-order chi connectivity index (χ0) is 10.9. The summed E-state index contributed by atoms with van der Waals surface area (Å²) in [5.41, 5.74) is -0.687. The van der Waals surface area contributed by atoms with Crippen LogP contribution >= 0.6 is 0 Å². The fourth-order valence-corrected chi connectivity index (χ4v) is 1.41. The Labute approximate surface area is 84.4 Å². The molecule has 2 rings (SSSR count). The Morgan fingerprint density at radius 2 is 1.93 bits per heavy atom. The van der Waals surface area contributed by atoms with Gasteiger partial charge in [0, 0.05) is 5.56 Å². The highest BCUT2D eigenvalue weighted by Gasteiger charge is 2.35. The van der Waals surface area contributed by atoms with E-state index in [4.69, 9.17) is 4.74 Å². The average molecular weight is 215 g/mol. The molecule has 0 aromatic heterocycles. The highest BCUT2D eigenvalue weighted by atomic mass is 19.4. The Morgan fingerprint density at radius 1 is 1.20 bits per heavy atom. The lowest BCUT2D eigenvalue weighted by Gasteiger charge is -2.11. The van der Waals surface area contributed by atoms with Gasteiger partial charge in [0.1, 0.15) is 6.61 Å². The Bertz CT molecular complexity index is 398. The Kier molecular flexibility index (Phi) is 2.38. The summed E-state index contributed by atoms with van der Waals surface area (Å²) in [5, 5.41) is 0. The predicted octanol–water partition coefficient (Wildman–Crippen LogP) is 2.48. The van der Waals surface area contributed by atoms with Gasteiger partial charge in [-0.25, -0.2) is 4.99 Å². The van der Waals surface area contributed by atoms with Gasteiger partial charge >= 0.3 is 6.18 Å². The van der Waals surface area contributed by atoms with Crippen molar-refractivity contribution in [3.05, 3.63) is 35.4 Å². The van der Waals surface area contributed by atoms with E-state index in [9.17, 15) is 13.2 Å². The number of halogens is 3. The lowest BCUT2D eigenvalue weighted by molar-refractivity contribution is -0.137. The van der Waals surface area contributed by atoms with Crippen molar-refractivity contribution in [2.75, 3.05) is 13.2 Å². The smallest absolute Gasteiger partial charge is 0.417 e. The average Bonchev–Trinajstić information content (AvgIpc) is 2.69. The first-order chi connectivity index (χ1) is 7.09. The molecule has 0 atom stereocenters. The van der Waals surface area contributed by atoms with Crippen molar-refractivity contribution in [1.29, 1.82) is 0 Å². The normalized spacial score (nSPS) is 16.1. The summed E-state index contributed by atoms with van der Waals surface area (Å²) in [7, 11) is 0. The lowest BCUT2D eigenvalue weighted by atomic mass is 10.1. The number of rotatable bonds is 1. The van der Waals surface area contributed by atoms with Crippen molar-refractivity contribution in [1.82, 2.24) is 0 Å². The third-order valence-corrected chi connectivity index (χ3v) is 2.05. The quantitative estimate of drug-likeness (QED) is 0.705. The first-order valence-corrected chi connectivity index (χ1v) is 4.43. The van der Waals surface area contributed by atoms with Gasteiger partial charge in [0.05, 0.1) is 12.1 Å². The number of hydrogen-bond donors (Lipinski definition) is 0. The number of aliphatic imine (C=N–C) groups is 1. The molecule has 1 heterocycles. The maximum absolute atomic E-state index is 12.6. The molecule has 1 aliphatic rings. The Morgan fingerprint density at radius 3 is 2.53 bits per heavy atom. The van der Waals surface area contributed by atoms with Crippen molar-refractivity contribution in [3.63, 3.8) is 0 Å². The number of nitrogens with zero attached hydrogens (tertiary/aromatic N) is 1. The molecule has 0 aliphatic carbocycles. The number of benzene rings is 1. The summed E-state index contributed by atoms with van der Waals surface area (Å²) in [4.78, 5) is 3.87. The van der Waals surface area contributed by atoms with Gasteiger partial charge in [-0.05, 0) is 12.1 Å². The van der Waals surface area contributed by atoms with Gasteiger partial charge in [0.25, 0.3) is 0 Å². The molecule has 0 saturated heterocycles. The fraction of sp³-hybridized carbons (Fsp3) is 0.300. The van der Waals surface area contributed by atoms with Crippen LogP contribution in [0.25, 0.3) is 0 Å². The van der Waals surface area contributed by atoms with Gasteiger partial charge in [-0.3, -0.25) is 0 Å². The van der Waals surface area contributed by atoms with Gasteiger partial charge in [-0.15, -0.1) is 0 Å². The van der Waals surface area contributed by atoms with Crippen molar-refractivity contribution >= 4 is 5.90 Å². The predicted molar refractivity (Wildman–Crippen MR) is 48.8 cm³/mol. The van der Waals surface area contributed by atoms with Crippen LogP contribution < -0.4 is 0 Å². The standard InChI is InChI=1S/C10H8F3NO/c11-10(12,13)8-4-2-1-3-7(8)9-14-5-6-15-9/h1-4H,5-6H2. The monoisotopic (exact) mass is 215 g/mol. The molecule has 0 saturated carbocycles. The van der Waals surface area contributed by atoms with E-state index in [-0.39, 0.29) is 11.5 Å². The van der Waals surface area contributed by atoms with E-state index in [1.807, 2.05) is 0 Å². The first-order valence-electron chi connectivity index (χ1n) is 4.43. The SMILES string of the molecule is FC(F)(F)c1ccccc1C1=NCCO1. The minimum Gasteiger partial charge on any atom is -0.475 e. The van der Waals surface area contributed by atoms with Crippen LogP contribution in [0.15, 0.2) is 29.3 Å². The lowest BCUT2D eigenvalue weighted by Crippen LogP contribution is -2.13. The highest BCUT2D eigenvalue weighted by Crippen LogP contribution is 2.32. The minimum atomic E-state index is -4.37. The van der Waals surface area contributed by atoms with E-state index in [1.54, 1.807) is 0 Å². The van der Waals surface area contributed by atoms with Crippen LogP contribution in [0.5, 0.6) is 0 Å². The molecule has 1 aromatic carbocycles. The molecule has 0 fully saturated rings. The summed E-state index contributed by atoms with van der Waals surface area (Å²) in [5.74, 6) is 0.0860. The number of alkyl halides is 3. The van der Waals surface area contributed by atoms with E-state index < -0.39 is 11.7 Å². The summed E-state index contributed by atoms with van der Waals surface area (Å²) in [6.07, 6.45) is -4.37. The molecule has 0 spiro atoms. The summed E-state index contributed by atoms with van der Waals surface area (Å²) < 4.78 is 42.8.